The third-order valence-corrected chi connectivity index (χ3v) is 1.70. The van der Waals surface area contributed by atoms with Crippen LogP contribution >= 0.6 is 0 Å². The van der Waals surface area contributed by atoms with Crippen LogP contribution in [0.1, 0.15) is 30.0 Å². The zero-order valence-corrected chi connectivity index (χ0v) is 6.88. The lowest BCUT2D eigenvalue weighted by atomic mass is 10.1. The molecule has 0 aliphatic heterocycles. The van der Waals surface area contributed by atoms with Crippen molar-refractivity contribution in [2.75, 3.05) is 0 Å². The first-order valence-corrected chi connectivity index (χ1v) is 3.46. The van der Waals surface area contributed by atoms with Crippen molar-refractivity contribution in [2.45, 2.75) is 26.8 Å². The van der Waals surface area contributed by atoms with Crippen LogP contribution in [0.2, 0.25) is 0 Å². The summed E-state index contributed by atoms with van der Waals surface area (Å²) in [6.45, 7) is 12.4. The molecule has 1 rings (SSSR count). The molecule has 1 aromatic rings. The minimum atomic E-state index is -0.138. The molecule has 1 aromatic heterocycles. The largest absolute Gasteiger partial charge is 0.361 e. The number of aryl methyl sites for hydroxylation is 2. The normalized spacial score (nSPS) is 12.5. The molecule has 0 aliphatic rings. The lowest BCUT2D eigenvalue weighted by molar-refractivity contribution is 0.392. The van der Waals surface area contributed by atoms with Gasteiger partial charge in [0.2, 0.25) is 0 Å². The third kappa shape index (κ3) is 1.25. The van der Waals surface area contributed by atoms with Gasteiger partial charge in [0, 0.05) is 6.92 Å². The van der Waals surface area contributed by atoms with E-state index in [0.29, 0.717) is 0 Å². The standard InChI is InChI=1S/C8H10N2O/c1-5(9-4)8-6(2)10-11-7(8)3/h5H,1-3H3. The van der Waals surface area contributed by atoms with E-state index in [1.165, 1.54) is 0 Å². The summed E-state index contributed by atoms with van der Waals surface area (Å²) in [6.07, 6.45) is 0. The molecular formula is C8H10N2O. The second-order valence-electron chi connectivity index (χ2n) is 2.54. The molecule has 0 aliphatic carbocycles. The molecule has 1 atom stereocenters. The van der Waals surface area contributed by atoms with E-state index < -0.39 is 0 Å². The van der Waals surface area contributed by atoms with Crippen molar-refractivity contribution in [1.82, 2.24) is 5.16 Å². The fourth-order valence-corrected chi connectivity index (χ4v) is 1.15. The summed E-state index contributed by atoms with van der Waals surface area (Å²) in [7, 11) is 0. The SMILES string of the molecule is [C-]#[N+]C(C)c1c(C)noc1C. The van der Waals surface area contributed by atoms with Crippen LogP contribution < -0.4 is 0 Å². The number of hydrogen-bond acceptors (Lipinski definition) is 2. The van der Waals surface area contributed by atoms with Crippen LogP contribution in [0.3, 0.4) is 0 Å². The van der Waals surface area contributed by atoms with Gasteiger partial charge in [-0.1, -0.05) is 5.16 Å². The molecule has 0 bridgehead atoms. The number of aromatic nitrogens is 1. The minimum Gasteiger partial charge on any atom is -0.361 e. The quantitative estimate of drug-likeness (QED) is 0.575. The number of nitrogens with zero attached hydrogens (tertiary/aromatic N) is 2. The smallest absolute Gasteiger partial charge is 0.251 e. The summed E-state index contributed by atoms with van der Waals surface area (Å²) in [5.74, 6) is 0.756. The minimum absolute atomic E-state index is 0.138. The van der Waals surface area contributed by atoms with Crippen LogP contribution in [-0.4, -0.2) is 5.16 Å². The Hall–Kier alpha value is -1.30. The van der Waals surface area contributed by atoms with E-state index in [1.54, 1.807) is 0 Å². The van der Waals surface area contributed by atoms with Gasteiger partial charge in [-0.25, -0.2) is 6.57 Å². The molecule has 0 aromatic carbocycles. The Bertz CT molecular complexity index is 276. The summed E-state index contributed by atoms with van der Waals surface area (Å²) in [4.78, 5) is 3.40. The van der Waals surface area contributed by atoms with E-state index >= 15 is 0 Å². The van der Waals surface area contributed by atoms with Gasteiger partial charge < -0.3 is 9.37 Å². The lowest BCUT2D eigenvalue weighted by Crippen LogP contribution is -1.89. The monoisotopic (exact) mass is 150 g/mol. The summed E-state index contributed by atoms with van der Waals surface area (Å²) in [5, 5.41) is 3.77. The van der Waals surface area contributed by atoms with Crippen molar-refractivity contribution in [1.29, 1.82) is 0 Å². The van der Waals surface area contributed by atoms with Crippen molar-refractivity contribution < 1.29 is 4.52 Å². The van der Waals surface area contributed by atoms with Gasteiger partial charge in [-0.15, -0.1) is 0 Å². The predicted octanol–water partition coefficient (Wildman–Crippen LogP) is 2.27. The van der Waals surface area contributed by atoms with Crippen molar-refractivity contribution in [3.8, 4) is 0 Å². The molecular weight excluding hydrogens is 140 g/mol. The Balaban J connectivity index is 3.12. The number of rotatable bonds is 1. The Morgan fingerprint density at radius 1 is 1.55 bits per heavy atom. The van der Waals surface area contributed by atoms with E-state index in [2.05, 4.69) is 10.0 Å². The highest BCUT2D eigenvalue weighted by Gasteiger charge is 2.19. The molecule has 0 saturated heterocycles. The second kappa shape index (κ2) is 2.75. The summed E-state index contributed by atoms with van der Waals surface area (Å²) in [6, 6.07) is -0.138. The van der Waals surface area contributed by atoms with E-state index in [9.17, 15) is 0 Å². The molecule has 1 heterocycles. The molecule has 0 saturated carbocycles. The van der Waals surface area contributed by atoms with Gasteiger partial charge in [-0.05, 0) is 13.8 Å². The molecule has 0 spiro atoms. The maximum absolute atomic E-state index is 6.83. The van der Waals surface area contributed by atoms with Gasteiger partial charge in [-0.2, -0.15) is 0 Å². The second-order valence-corrected chi connectivity index (χ2v) is 2.54. The van der Waals surface area contributed by atoms with Crippen molar-refractivity contribution >= 4 is 0 Å². The molecule has 0 fully saturated rings. The van der Waals surface area contributed by atoms with Crippen LogP contribution in [0.4, 0.5) is 0 Å². The summed E-state index contributed by atoms with van der Waals surface area (Å²) < 4.78 is 4.92. The van der Waals surface area contributed by atoms with Crippen LogP contribution in [0.15, 0.2) is 4.52 Å². The van der Waals surface area contributed by atoms with E-state index in [0.717, 1.165) is 17.0 Å². The fraction of sp³-hybridized carbons (Fsp3) is 0.500. The molecule has 58 valence electrons. The van der Waals surface area contributed by atoms with Gasteiger partial charge in [0.25, 0.3) is 6.04 Å². The van der Waals surface area contributed by atoms with E-state index in [4.69, 9.17) is 11.1 Å². The zero-order chi connectivity index (χ0) is 8.43. The summed E-state index contributed by atoms with van der Waals surface area (Å²) >= 11 is 0. The maximum Gasteiger partial charge on any atom is 0.251 e. The van der Waals surface area contributed by atoms with Crippen LogP contribution in [0, 0.1) is 20.4 Å². The van der Waals surface area contributed by atoms with Gasteiger partial charge in [-0.3, -0.25) is 0 Å². The third-order valence-electron chi connectivity index (χ3n) is 1.70. The Morgan fingerprint density at radius 3 is 2.55 bits per heavy atom. The van der Waals surface area contributed by atoms with Crippen LogP contribution in [-0.2, 0) is 0 Å². The highest BCUT2D eigenvalue weighted by atomic mass is 16.5. The van der Waals surface area contributed by atoms with Crippen LogP contribution in [0.5, 0.6) is 0 Å². The van der Waals surface area contributed by atoms with Crippen LogP contribution in [0.25, 0.3) is 4.85 Å². The average Bonchev–Trinajstić information content (AvgIpc) is 2.30. The van der Waals surface area contributed by atoms with Gasteiger partial charge in [0.05, 0.1) is 11.3 Å². The lowest BCUT2D eigenvalue weighted by Gasteiger charge is -1.94. The number of hydrogen-bond donors (Lipinski definition) is 0. The van der Waals surface area contributed by atoms with E-state index in [-0.39, 0.29) is 6.04 Å². The Labute approximate surface area is 65.8 Å². The Kier molecular flexibility index (Phi) is 1.95. The first kappa shape index (κ1) is 7.80. The molecule has 1 unspecified atom stereocenters. The van der Waals surface area contributed by atoms with Crippen molar-refractivity contribution in [3.05, 3.63) is 28.4 Å². The molecule has 0 N–H and O–H groups in total. The first-order valence-electron chi connectivity index (χ1n) is 3.46. The molecule has 3 nitrogen and oxygen atoms in total. The highest BCUT2D eigenvalue weighted by molar-refractivity contribution is 5.26. The predicted molar refractivity (Wildman–Crippen MR) is 41.0 cm³/mol. The fourth-order valence-electron chi connectivity index (χ4n) is 1.15. The van der Waals surface area contributed by atoms with E-state index in [1.807, 2.05) is 20.8 Å². The maximum atomic E-state index is 6.83. The average molecular weight is 150 g/mol. The van der Waals surface area contributed by atoms with Crippen molar-refractivity contribution in [3.63, 3.8) is 0 Å². The van der Waals surface area contributed by atoms with Gasteiger partial charge in [0.1, 0.15) is 5.76 Å². The summed E-state index contributed by atoms with van der Waals surface area (Å²) in [5.41, 5.74) is 1.76. The molecule has 3 heteroatoms. The Morgan fingerprint density at radius 2 is 2.18 bits per heavy atom. The topological polar surface area (TPSA) is 30.4 Å². The first-order chi connectivity index (χ1) is 5.16. The van der Waals surface area contributed by atoms with Gasteiger partial charge in [0.15, 0.2) is 0 Å². The van der Waals surface area contributed by atoms with Crippen molar-refractivity contribution in [2.24, 2.45) is 0 Å². The zero-order valence-electron chi connectivity index (χ0n) is 6.88. The molecule has 0 radical (unpaired) electrons. The molecule has 0 amide bonds. The molecule has 11 heavy (non-hydrogen) atoms. The van der Waals surface area contributed by atoms with Gasteiger partial charge >= 0.3 is 0 Å². The highest BCUT2D eigenvalue weighted by Crippen LogP contribution is 2.23.